The molecule has 6 heteroatoms. The van der Waals surface area contributed by atoms with Crippen LogP contribution in [-0.4, -0.2) is 23.0 Å². The van der Waals surface area contributed by atoms with Gasteiger partial charge in [-0.3, -0.25) is 9.59 Å². The zero-order valence-electron chi connectivity index (χ0n) is 11.9. The Bertz CT molecular complexity index is 506. The van der Waals surface area contributed by atoms with Crippen LogP contribution >= 0.6 is 0 Å². The molecule has 4 nitrogen and oxygen atoms in total. The van der Waals surface area contributed by atoms with Crippen molar-refractivity contribution in [3.8, 4) is 0 Å². The molecule has 1 aromatic rings. The van der Waals surface area contributed by atoms with Crippen LogP contribution in [0.3, 0.4) is 0 Å². The maximum atomic E-state index is 13.0. The molecular formula is C15H19F2NO3. The number of hydrogen-bond donors (Lipinski definition) is 2. The highest BCUT2D eigenvalue weighted by Gasteiger charge is 2.09. The molecule has 0 saturated carbocycles. The number of carbonyl (C=O) groups excluding carboxylic acids is 1. The van der Waals surface area contributed by atoms with Crippen molar-refractivity contribution in [2.24, 2.45) is 0 Å². The molecule has 21 heavy (non-hydrogen) atoms. The van der Waals surface area contributed by atoms with E-state index in [0.29, 0.717) is 24.8 Å². The summed E-state index contributed by atoms with van der Waals surface area (Å²) < 4.78 is 25.7. The van der Waals surface area contributed by atoms with Gasteiger partial charge in [0, 0.05) is 18.9 Å². The normalized spacial score (nSPS) is 12.0. The predicted molar refractivity (Wildman–Crippen MR) is 73.8 cm³/mol. The molecule has 0 fully saturated rings. The van der Waals surface area contributed by atoms with Gasteiger partial charge in [-0.15, -0.1) is 0 Å². The molecule has 0 heterocycles. The highest BCUT2D eigenvalue weighted by atomic mass is 19.2. The number of nitrogens with one attached hydrogen (secondary N) is 1. The maximum absolute atomic E-state index is 13.0. The first-order valence-electron chi connectivity index (χ1n) is 6.83. The van der Waals surface area contributed by atoms with E-state index in [1.165, 1.54) is 6.07 Å². The molecule has 116 valence electrons. The molecule has 0 aliphatic rings. The lowest BCUT2D eigenvalue weighted by atomic mass is 10.1. The van der Waals surface area contributed by atoms with E-state index >= 15 is 0 Å². The number of amides is 1. The van der Waals surface area contributed by atoms with Crippen LogP contribution in [0, 0.1) is 11.6 Å². The van der Waals surface area contributed by atoms with Gasteiger partial charge in [-0.2, -0.15) is 0 Å². The van der Waals surface area contributed by atoms with Crippen molar-refractivity contribution < 1.29 is 23.5 Å². The van der Waals surface area contributed by atoms with Crippen LogP contribution in [0.5, 0.6) is 0 Å². The van der Waals surface area contributed by atoms with Crippen LogP contribution in [0.4, 0.5) is 8.78 Å². The summed E-state index contributed by atoms with van der Waals surface area (Å²) in [6.07, 6.45) is 1.66. The molecule has 0 saturated heterocycles. The van der Waals surface area contributed by atoms with Crippen LogP contribution in [0.1, 0.15) is 38.2 Å². The van der Waals surface area contributed by atoms with Gasteiger partial charge in [0.05, 0.1) is 0 Å². The molecule has 0 aliphatic heterocycles. The summed E-state index contributed by atoms with van der Waals surface area (Å²) in [6, 6.07) is 3.46. The second-order valence-corrected chi connectivity index (χ2v) is 5.00. The summed E-state index contributed by atoms with van der Waals surface area (Å²) in [4.78, 5) is 22.0. The largest absolute Gasteiger partial charge is 0.481 e. The molecule has 1 rings (SSSR count). The molecule has 1 aromatic carbocycles. The quantitative estimate of drug-likeness (QED) is 0.775. The van der Waals surface area contributed by atoms with E-state index in [4.69, 9.17) is 5.11 Å². The number of aryl methyl sites for hydroxylation is 1. The molecule has 0 spiro atoms. The average molecular weight is 299 g/mol. The number of rotatable bonds is 8. The van der Waals surface area contributed by atoms with Gasteiger partial charge >= 0.3 is 5.97 Å². The number of aliphatic carboxylic acids is 1. The Balaban J connectivity index is 2.30. The third-order valence-electron chi connectivity index (χ3n) is 3.06. The fourth-order valence-electron chi connectivity index (χ4n) is 1.93. The van der Waals surface area contributed by atoms with E-state index in [9.17, 15) is 18.4 Å². The molecule has 1 atom stereocenters. The van der Waals surface area contributed by atoms with Crippen molar-refractivity contribution in [1.82, 2.24) is 5.32 Å². The van der Waals surface area contributed by atoms with Crippen LogP contribution < -0.4 is 5.32 Å². The second kappa shape index (κ2) is 8.34. The Kier molecular flexibility index (Phi) is 6.78. The minimum Gasteiger partial charge on any atom is -0.481 e. The molecule has 2 N–H and O–H groups in total. The highest BCUT2D eigenvalue weighted by Crippen LogP contribution is 2.10. The molecular weight excluding hydrogens is 280 g/mol. The molecule has 0 radical (unpaired) electrons. The first-order chi connectivity index (χ1) is 9.88. The highest BCUT2D eigenvalue weighted by molar-refractivity contribution is 5.76. The van der Waals surface area contributed by atoms with Gasteiger partial charge in [-0.05, 0) is 43.9 Å². The lowest BCUT2D eigenvalue weighted by molar-refractivity contribution is -0.137. The van der Waals surface area contributed by atoms with Crippen LogP contribution in [0.15, 0.2) is 18.2 Å². The predicted octanol–water partition coefficient (Wildman–Crippen LogP) is 2.66. The fraction of sp³-hybridized carbons (Fsp3) is 0.467. The zero-order valence-corrected chi connectivity index (χ0v) is 11.9. The van der Waals surface area contributed by atoms with E-state index in [1.807, 2.05) is 0 Å². The van der Waals surface area contributed by atoms with Crippen LogP contribution in [0.25, 0.3) is 0 Å². The number of benzene rings is 1. The summed E-state index contributed by atoms with van der Waals surface area (Å²) in [5.41, 5.74) is 0.558. The minimum atomic E-state index is -0.921. The summed E-state index contributed by atoms with van der Waals surface area (Å²) in [6.45, 7) is 1.80. The van der Waals surface area contributed by atoms with Gasteiger partial charge in [-0.1, -0.05) is 6.07 Å². The van der Waals surface area contributed by atoms with E-state index in [-0.39, 0.29) is 24.8 Å². The SMILES string of the molecule is CC(CCCC(=O)O)NC(=O)CCc1ccc(F)c(F)c1. The number of halogens is 2. The van der Waals surface area contributed by atoms with Crippen molar-refractivity contribution in [2.75, 3.05) is 0 Å². The van der Waals surface area contributed by atoms with Gasteiger partial charge in [0.25, 0.3) is 0 Å². The van der Waals surface area contributed by atoms with Gasteiger partial charge in [0.15, 0.2) is 11.6 Å². The minimum absolute atomic E-state index is 0.0784. The zero-order chi connectivity index (χ0) is 15.8. The van der Waals surface area contributed by atoms with Crippen LogP contribution in [0.2, 0.25) is 0 Å². The summed E-state index contributed by atoms with van der Waals surface area (Å²) in [7, 11) is 0. The first-order valence-corrected chi connectivity index (χ1v) is 6.83. The van der Waals surface area contributed by atoms with Gasteiger partial charge in [-0.25, -0.2) is 8.78 Å². The standard InChI is InChI=1S/C15H19F2NO3/c1-10(3-2-4-15(20)21)18-14(19)8-6-11-5-7-12(16)13(17)9-11/h5,7,9-10H,2-4,6,8H2,1H3,(H,18,19)(H,20,21). The van der Waals surface area contributed by atoms with E-state index in [1.54, 1.807) is 6.92 Å². The van der Waals surface area contributed by atoms with E-state index in [2.05, 4.69) is 5.32 Å². The van der Waals surface area contributed by atoms with Gasteiger partial charge < -0.3 is 10.4 Å². The smallest absolute Gasteiger partial charge is 0.303 e. The Labute approximate surface area is 122 Å². The molecule has 1 amide bonds. The third kappa shape index (κ3) is 6.83. The molecule has 0 aliphatic carbocycles. The molecule has 1 unspecified atom stereocenters. The second-order valence-electron chi connectivity index (χ2n) is 5.00. The topological polar surface area (TPSA) is 66.4 Å². The monoisotopic (exact) mass is 299 g/mol. The van der Waals surface area contributed by atoms with Crippen molar-refractivity contribution in [1.29, 1.82) is 0 Å². The number of carbonyl (C=O) groups is 2. The first kappa shape index (κ1) is 17.1. The molecule has 0 bridgehead atoms. The van der Waals surface area contributed by atoms with Gasteiger partial charge in [0.2, 0.25) is 5.91 Å². The van der Waals surface area contributed by atoms with E-state index in [0.717, 1.165) is 12.1 Å². The van der Waals surface area contributed by atoms with Crippen molar-refractivity contribution in [3.05, 3.63) is 35.4 Å². The Morgan fingerprint density at radius 2 is 1.95 bits per heavy atom. The Hall–Kier alpha value is -1.98. The summed E-state index contributed by atoms with van der Waals surface area (Å²) >= 11 is 0. The van der Waals surface area contributed by atoms with Gasteiger partial charge in [0.1, 0.15) is 0 Å². The maximum Gasteiger partial charge on any atom is 0.303 e. The summed E-state index contributed by atoms with van der Waals surface area (Å²) in [5, 5.41) is 11.3. The van der Waals surface area contributed by atoms with Crippen molar-refractivity contribution in [2.45, 2.75) is 45.1 Å². The number of hydrogen-bond acceptors (Lipinski definition) is 2. The van der Waals surface area contributed by atoms with Crippen LogP contribution in [-0.2, 0) is 16.0 Å². The fourth-order valence-corrected chi connectivity index (χ4v) is 1.93. The summed E-state index contributed by atoms with van der Waals surface area (Å²) in [5.74, 6) is -2.88. The Morgan fingerprint density at radius 1 is 1.24 bits per heavy atom. The average Bonchev–Trinajstić information content (AvgIpc) is 2.39. The third-order valence-corrected chi connectivity index (χ3v) is 3.06. The Morgan fingerprint density at radius 3 is 2.57 bits per heavy atom. The van der Waals surface area contributed by atoms with E-state index < -0.39 is 17.6 Å². The lowest BCUT2D eigenvalue weighted by Gasteiger charge is -2.13. The number of carboxylic acids is 1. The van der Waals surface area contributed by atoms with Crippen molar-refractivity contribution in [3.63, 3.8) is 0 Å². The lowest BCUT2D eigenvalue weighted by Crippen LogP contribution is -2.32. The molecule has 0 aromatic heterocycles. The van der Waals surface area contributed by atoms with Crippen molar-refractivity contribution >= 4 is 11.9 Å². The number of carboxylic acid groups (broad SMARTS) is 1.